The van der Waals surface area contributed by atoms with E-state index < -0.39 is 0 Å². The molecular formula is C19H15ClN4O. The molecule has 0 atom stereocenters. The number of rotatable bonds is 4. The van der Waals surface area contributed by atoms with Crippen molar-refractivity contribution in [2.45, 2.75) is 6.92 Å². The molecule has 2 aromatic heterocycles. The minimum atomic E-state index is 0.666. The van der Waals surface area contributed by atoms with Crippen molar-refractivity contribution in [1.29, 1.82) is 0 Å². The van der Waals surface area contributed by atoms with Crippen LogP contribution in [0, 0.1) is 6.92 Å². The van der Waals surface area contributed by atoms with Crippen molar-refractivity contribution < 1.29 is 4.74 Å². The molecule has 0 aliphatic heterocycles. The number of anilines is 2. The summed E-state index contributed by atoms with van der Waals surface area (Å²) in [5.41, 5.74) is 3.70. The second kappa shape index (κ2) is 6.45. The van der Waals surface area contributed by atoms with Crippen molar-refractivity contribution in [3.63, 3.8) is 0 Å². The molecule has 4 rings (SSSR count). The van der Waals surface area contributed by atoms with Gasteiger partial charge >= 0.3 is 0 Å². The van der Waals surface area contributed by atoms with Gasteiger partial charge in [-0.2, -0.15) is 0 Å². The summed E-state index contributed by atoms with van der Waals surface area (Å²) < 4.78 is 5.75. The molecular weight excluding hydrogens is 336 g/mol. The summed E-state index contributed by atoms with van der Waals surface area (Å²) in [5.74, 6) is 2.17. The summed E-state index contributed by atoms with van der Waals surface area (Å²) in [6.45, 7) is 1.97. The molecule has 0 saturated carbocycles. The summed E-state index contributed by atoms with van der Waals surface area (Å²) in [6, 6.07) is 15.1. The van der Waals surface area contributed by atoms with Crippen LogP contribution in [0.5, 0.6) is 11.5 Å². The summed E-state index contributed by atoms with van der Waals surface area (Å²) >= 11 is 6.15. The first-order chi connectivity index (χ1) is 12.2. The van der Waals surface area contributed by atoms with Gasteiger partial charge in [0.05, 0.1) is 11.0 Å². The average Bonchev–Trinajstić information content (AvgIpc) is 2.99. The van der Waals surface area contributed by atoms with Gasteiger partial charge in [0.25, 0.3) is 0 Å². The molecule has 2 N–H and O–H groups in total. The lowest BCUT2D eigenvalue weighted by Crippen LogP contribution is -1.92. The molecule has 0 radical (unpaired) electrons. The Hall–Kier alpha value is -3.05. The minimum Gasteiger partial charge on any atom is -0.457 e. The Morgan fingerprint density at radius 1 is 1.00 bits per heavy atom. The standard InChI is InChI=1S/C19H15ClN4O/c1-12-10-17-18(11-16(12)20)24-19(23-17)22-13-2-4-14(5-3-13)25-15-6-8-21-9-7-15/h2-11H,1H3,(H2,22,23,24). The molecule has 0 spiro atoms. The molecule has 0 aliphatic carbocycles. The number of hydrogen-bond donors (Lipinski definition) is 2. The highest BCUT2D eigenvalue weighted by atomic mass is 35.5. The lowest BCUT2D eigenvalue weighted by molar-refractivity contribution is 0.482. The fourth-order valence-electron chi connectivity index (χ4n) is 2.48. The predicted octanol–water partition coefficient (Wildman–Crippen LogP) is 5.46. The summed E-state index contributed by atoms with van der Waals surface area (Å²) in [6.07, 6.45) is 3.39. The SMILES string of the molecule is Cc1cc2[nH]c(Nc3ccc(Oc4ccncc4)cc3)nc2cc1Cl. The highest BCUT2D eigenvalue weighted by Gasteiger charge is 2.06. The van der Waals surface area contributed by atoms with E-state index in [4.69, 9.17) is 16.3 Å². The maximum Gasteiger partial charge on any atom is 0.205 e. The van der Waals surface area contributed by atoms with Gasteiger partial charge in [-0.25, -0.2) is 4.98 Å². The van der Waals surface area contributed by atoms with Crippen LogP contribution in [0.4, 0.5) is 11.6 Å². The van der Waals surface area contributed by atoms with E-state index in [1.165, 1.54) is 0 Å². The lowest BCUT2D eigenvalue weighted by atomic mass is 10.2. The van der Waals surface area contributed by atoms with E-state index in [9.17, 15) is 0 Å². The fraction of sp³-hybridized carbons (Fsp3) is 0.0526. The van der Waals surface area contributed by atoms with Crippen LogP contribution in [0.1, 0.15) is 5.56 Å². The highest BCUT2D eigenvalue weighted by molar-refractivity contribution is 6.32. The number of nitrogens with one attached hydrogen (secondary N) is 2. The highest BCUT2D eigenvalue weighted by Crippen LogP contribution is 2.26. The number of nitrogens with zero attached hydrogens (tertiary/aromatic N) is 2. The maximum absolute atomic E-state index is 6.15. The van der Waals surface area contributed by atoms with Gasteiger partial charge in [0.15, 0.2) is 0 Å². The van der Waals surface area contributed by atoms with E-state index in [2.05, 4.69) is 20.3 Å². The van der Waals surface area contributed by atoms with E-state index >= 15 is 0 Å². The van der Waals surface area contributed by atoms with E-state index in [0.29, 0.717) is 11.0 Å². The van der Waals surface area contributed by atoms with Crippen LogP contribution in [-0.4, -0.2) is 15.0 Å². The molecule has 2 aromatic carbocycles. The van der Waals surface area contributed by atoms with Gasteiger partial charge in [-0.3, -0.25) is 4.98 Å². The van der Waals surface area contributed by atoms with Crippen molar-refractivity contribution in [3.05, 3.63) is 71.5 Å². The molecule has 124 valence electrons. The van der Waals surface area contributed by atoms with Crippen LogP contribution >= 0.6 is 11.6 Å². The molecule has 0 unspecified atom stereocenters. The average molecular weight is 351 g/mol. The Labute approximate surface area is 149 Å². The summed E-state index contributed by atoms with van der Waals surface area (Å²) in [5, 5.41) is 3.96. The van der Waals surface area contributed by atoms with Crippen molar-refractivity contribution in [2.24, 2.45) is 0 Å². The smallest absolute Gasteiger partial charge is 0.205 e. The van der Waals surface area contributed by atoms with Gasteiger partial charge in [0.1, 0.15) is 11.5 Å². The molecule has 0 bridgehead atoms. The summed E-state index contributed by atoms with van der Waals surface area (Å²) in [4.78, 5) is 11.7. The van der Waals surface area contributed by atoms with Gasteiger partial charge in [0.2, 0.25) is 5.95 Å². The van der Waals surface area contributed by atoms with Gasteiger partial charge in [-0.05, 0) is 61.0 Å². The largest absolute Gasteiger partial charge is 0.457 e. The zero-order valence-electron chi connectivity index (χ0n) is 13.5. The molecule has 5 nitrogen and oxygen atoms in total. The van der Waals surface area contributed by atoms with Crippen molar-refractivity contribution in [2.75, 3.05) is 5.32 Å². The Bertz CT molecular complexity index is 974. The predicted molar refractivity (Wildman–Crippen MR) is 99.9 cm³/mol. The molecule has 0 amide bonds. The van der Waals surface area contributed by atoms with E-state index in [0.717, 1.165) is 33.8 Å². The third kappa shape index (κ3) is 3.41. The molecule has 6 heteroatoms. The molecule has 0 fully saturated rings. The second-order valence-electron chi connectivity index (χ2n) is 5.64. The minimum absolute atomic E-state index is 0.666. The Kier molecular flexibility index (Phi) is 3.99. The van der Waals surface area contributed by atoms with Gasteiger partial charge in [-0.1, -0.05) is 11.6 Å². The zero-order chi connectivity index (χ0) is 17.2. The quantitative estimate of drug-likeness (QED) is 0.513. The molecule has 25 heavy (non-hydrogen) atoms. The number of halogens is 1. The number of fused-ring (bicyclic) bond motifs is 1. The number of ether oxygens (including phenoxy) is 1. The third-order valence-electron chi connectivity index (χ3n) is 3.76. The molecule has 4 aromatic rings. The fourth-order valence-corrected chi connectivity index (χ4v) is 2.64. The van der Waals surface area contributed by atoms with Crippen LogP contribution in [0.25, 0.3) is 11.0 Å². The van der Waals surface area contributed by atoms with Crippen molar-refractivity contribution in [1.82, 2.24) is 15.0 Å². The van der Waals surface area contributed by atoms with E-state index in [1.807, 2.05) is 55.5 Å². The van der Waals surface area contributed by atoms with Crippen molar-refractivity contribution in [3.8, 4) is 11.5 Å². The number of imidazole rings is 1. The number of hydrogen-bond acceptors (Lipinski definition) is 4. The maximum atomic E-state index is 6.15. The lowest BCUT2D eigenvalue weighted by Gasteiger charge is -2.07. The number of H-pyrrole nitrogens is 1. The van der Waals surface area contributed by atoms with E-state index in [-0.39, 0.29) is 0 Å². The first-order valence-electron chi connectivity index (χ1n) is 7.78. The van der Waals surface area contributed by atoms with Crippen molar-refractivity contribution >= 4 is 34.3 Å². The summed E-state index contributed by atoms with van der Waals surface area (Å²) in [7, 11) is 0. The Morgan fingerprint density at radius 3 is 2.48 bits per heavy atom. The number of aryl methyl sites for hydroxylation is 1. The van der Waals surface area contributed by atoms with Gasteiger partial charge in [-0.15, -0.1) is 0 Å². The number of benzene rings is 2. The van der Waals surface area contributed by atoms with Crippen LogP contribution in [0.2, 0.25) is 5.02 Å². The molecule has 0 aliphatic rings. The van der Waals surface area contributed by atoms with Crippen LogP contribution in [0.3, 0.4) is 0 Å². The zero-order valence-corrected chi connectivity index (χ0v) is 14.2. The Morgan fingerprint density at radius 2 is 1.72 bits per heavy atom. The topological polar surface area (TPSA) is 62.8 Å². The van der Waals surface area contributed by atoms with Gasteiger partial charge in [0, 0.05) is 23.1 Å². The normalized spacial score (nSPS) is 10.8. The van der Waals surface area contributed by atoms with E-state index in [1.54, 1.807) is 12.4 Å². The Balaban J connectivity index is 1.51. The first kappa shape index (κ1) is 15.5. The molecule has 0 saturated heterocycles. The molecule has 2 heterocycles. The number of aromatic nitrogens is 3. The number of pyridine rings is 1. The first-order valence-corrected chi connectivity index (χ1v) is 8.16. The third-order valence-corrected chi connectivity index (χ3v) is 4.17. The van der Waals surface area contributed by atoms with Crippen LogP contribution in [0.15, 0.2) is 60.9 Å². The van der Waals surface area contributed by atoms with Crippen LogP contribution in [-0.2, 0) is 0 Å². The van der Waals surface area contributed by atoms with Gasteiger partial charge < -0.3 is 15.0 Å². The second-order valence-corrected chi connectivity index (χ2v) is 6.05. The monoisotopic (exact) mass is 350 g/mol. The van der Waals surface area contributed by atoms with Crippen LogP contribution < -0.4 is 10.1 Å². The number of aromatic amines is 1.